The van der Waals surface area contributed by atoms with E-state index < -0.39 is 0 Å². The zero-order valence-electron chi connectivity index (χ0n) is 13.4. The molecule has 4 nitrogen and oxygen atoms in total. The maximum absolute atomic E-state index is 12.1. The lowest BCUT2D eigenvalue weighted by Crippen LogP contribution is -1.99. The van der Waals surface area contributed by atoms with Gasteiger partial charge in [0, 0.05) is 5.56 Å². The molecule has 0 heterocycles. The minimum absolute atomic E-state index is 0.124. The summed E-state index contributed by atoms with van der Waals surface area (Å²) in [5.74, 6) is 3.52. The molecule has 0 aliphatic carbocycles. The monoisotopic (exact) mass is 322 g/mol. The minimum Gasteiger partial charge on any atom is -0.508 e. The molecule has 0 fully saturated rings. The van der Waals surface area contributed by atoms with Crippen LogP contribution in [0.5, 0.6) is 17.2 Å². The molecule has 0 aliphatic heterocycles. The predicted molar refractivity (Wildman–Crippen MR) is 93.4 cm³/mol. The number of rotatable bonds is 7. The first-order chi connectivity index (χ1) is 11.6. The number of phenols is 1. The molecule has 0 aromatic heterocycles. The highest BCUT2D eigenvalue weighted by Gasteiger charge is 2.06. The van der Waals surface area contributed by atoms with Crippen molar-refractivity contribution >= 4 is 11.9 Å². The van der Waals surface area contributed by atoms with Gasteiger partial charge in [-0.1, -0.05) is 18.1 Å². The number of terminal acetylenes is 1. The number of ether oxygens (including phenoxy) is 2. The number of allylic oxidation sites excluding steroid dienone is 1. The molecule has 4 heteroatoms. The first-order valence-electron chi connectivity index (χ1n) is 7.48. The van der Waals surface area contributed by atoms with E-state index >= 15 is 0 Å². The molecular weight excluding hydrogens is 304 g/mol. The molecule has 0 spiro atoms. The zero-order chi connectivity index (χ0) is 17.4. The molecule has 2 aromatic rings. The van der Waals surface area contributed by atoms with E-state index in [1.54, 1.807) is 30.3 Å². The lowest BCUT2D eigenvalue weighted by atomic mass is 10.1. The topological polar surface area (TPSA) is 55.8 Å². The molecule has 122 valence electrons. The number of phenolic OH excluding ortho intramolecular Hbond substituents is 1. The molecule has 0 unspecified atom stereocenters. The van der Waals surface area contributed by atoms with Crippen LogP contribution in [0.4, 0.5) is 0 Å². The van der Waals surface area contributed by atoms with Crippen LogP contribution in [0.25, 0.3) is 6.08 Å². The number of carbonyl (C=O) groups excluding carboxylic acids is 1. The van der Waals surface area contributed by atoms with Gasteiger partial charge in [-0.15, -0.1) is 6.42 Å². The Morgan fingerprint density at radius 3 is 2.58 bits per heavy atom. The lowest BCUT2D eigenvalue weighted by Gasteiger charge is -2.10. The van der Waals surface area contributed by atoms with Gasteiger partial charge in [-0.05, 0) is 55.0 Å². The van der Waals surface area contributed by atoms with Gasteiger partial charge >= 0.3 is 0 Å². The molecule has 24 heavy (non-hydrogen) atoms. The van der Waals surface area contributed by atoms with E-state index in [1.807, 2.05) is 13.0 Å². The molecule has 0 radical (unpaired) electrons. The summed E-state index contributed by atoms with van der Waals surface area (Å²) in [6, 6.07) is 11.5. The second-order valence-electron chi connectivity index (χ2n) is 4.88. The fraction of sp³-hybridized carbons (Fsp3) is 0.150. The van der Waals surface area contributed by atoms with Crippen molar-refractivity contribution in [1.82, 2.24) is 0 Å². The average Bonchev–Trinajstić information content (AvgIpc) is 2.59. The van der Waals surface area contributed by atoms with Gasteiger partial charge in [0.2, 0.25) is 0 Å². The third-order valence-electron chi connectivity index (χ3n) is 3.16. The molecule has 0 saturated heterocycles. The van der Waals surface area contributed by atoms with Crippen LogP contribution >= 0.6 is 0 Å². The molecule has 2 rings (SSSR count). The van der Waals surface area contributed by atoms with Gasteiger partial charge in [-0.25, -0.2) is 0 Å². The first-order valence-corrected chi connectivity index (χ1v) is 7.48. The Morgan fingerprint density at radius 1 is 1.17 bits per heavy atom. The number of aromatic hydroxyl groups is 1. The summed E-state index contributed by atoms with van der Waals surface area (Å²) in [6.45, 7) is 2.53. The number of carbonyl (C=O) groups is 1. The van der Waals surface area contributed by atoms with Crippen molar-refractivity contribution in [3.8, 4) is 29.6 Å². The van der Waals surface area contributed by atoms with E-state index in [9.17, 15) is 9.90 Å². The number of hydrogen-bond acceptors (Lipinski definition) is 4. The van der Waals surface area contributed by atoms with Crippen LogP contribution in [0.15, 0.2) is 48.5 Å². The Morgan fingerprint density at radius 2 is 1.92 bits per heavy atom. The van der Waals surface area contributed by atoms with E-state index in [1.165, 1.54) is 18.2 Å². The Bertz CT molecular complexity index is 767. The second kappa shape index (κ2) is 8.44. The summed E-state index contributed by atoms with van der Waals surface area (Å²) in [7, 11) is 0. The van der Waals surface area contributed by atoms with E-state index in [4.69, 9.17) is 15.9 Å². The van der Waals surface area contributed by atoms with Gasteiger partial charge < -0.3 is 14.6 Å². The molecule has 1 N–H and O–H groups in total. The lowest BCUT2D eigenvalue weighted by molar-refractivity contribution is 0.104. The van der Waals surface area contributed by atoms with Crippen LogP contribution in [-0.4, -0.2) is 24.1 Å². The summed E-state index contributed by atoms with van der Waals surface area (Å²) >= 11 is 0. The van der Waals surface area contributed by atoms with Crippen molar-refractivity contribution < 1.29 is 19.4 Å². The fourth-order valence-electron chi connectivity index (χ4n) is 2.03. The maximum atomic E-state index is 12.1. The second-order valence-corrected chi connectivity index (χ2v) is 4.88. The van der Waals surface area contributed by atoms with Gasteiger partial charge in [0.15, 0.2) is 17.3 Å². The number of hydrogen-bond donors (Lipinski definition) is 1. The van der Waals surface area contributed by atoms with Gasteiger partial charge in [-0.2, -0.15) is 0 Å². The van der Waals surface area contributed by atoms with Crippen molar-refractivity contribution in [2.24, 2.45) is 0 Å². The van der Waals surface area contributed by atoms with Gasteiger partial charge in [0.25, 0.3) is 0 Å². The highest BCUT2D eigenvalue weighted by atomic mass is 16.5. The van der Waals surface area contributed by atoms with E-state index in [0.29, 0.717) is 23.7 Å². The largest absolute Gasteiger partial charge is 0.508 e. The standard InChI is InChI=1S/C20H18O4/c1-3-13-24-19-12-6-15(14-20(19)23-4-2)5-11-18(22)16-7-9-17(21)10-8-16/h1,5-12,14,21H,4,13H2,2H3/b11-5+. The Labute approximate surface area is 141 Å². The van der Waals surface area contributed by atoms with Crippen molar-refractivity contribution in [3.63, 3.8) is 0 Å². The Balaban J connectivity index is 2.16. The zero-order valence-corrected chi connectivity index (χ0v) is 13.4. The SMILES string of the molecule is C#CCOc1ccc(/C=C/C(=O)c2ccc(O)cc2)cc1OCC. The summed E-state index contributed by atoms with van der Waals surface area (Å²) < 4.78 is 11.0. The molecular formula is C20H18O4. The smallest absolute Gasteiger partial charge is 0.185 e. The van der Waals surface area contributed by atoms with Crippen LogP contribution < -0.4 is 9.47 Å². The average molecular weight is 322 g/mol. The summed E-state index contributed by atoms with van der Waals surface area (Å²) in [4.78, 5) is 12.1. The number of ketones is 1. The van der Waals surface area contributed by atoms with Crippen molar-refractivity contribution in [1.29, 1.82) is 0 Å². The normalized spacial score (nSPS) is 10.3. The van der Waals surface area contributed by atoms with Crippen LogP contribution in [0.3, 0.4) is 0 Å². The highest BCUT2D eigenvalue weighted by Crippen LogP contribution is 2.29. The van der Waals surface area contributed by atoms with Gasteiger partial charge in [0.05, 0.1) is 6.61 Å². The van der Waals surface area contributed by atoms with Crippen molar-refractivity contribution in [2.75, 3.05) is 13.2 Å². The van der Waals surface area contributed by atoms with Crippen LogP contribution in [0, 0.1) is 12.3 Å². The van der Waals surface area contributed by atoms with E-state index in [0.717, 1.165) is 5.56 Å². The summed E-state index contributed by atoms with van der Waals surface area (Å²) in [6.07, 6.45) is 8.36. The molecule has 0 saturated carbocycles. The molecule has 0 aliphatic rings. The van der Waals surface area contributed by atoms with Gasteiger partial charge in [-0.3, -0.25) is 4.79 Å². The van der Waals surface area contributed by atoms with E-state index in [-0.39, 0.29) is 18.1 Å². The van der Waals surface area contributed by atoms with Gasteiger partial charge in [0.1, 0.15) is 12.4 Å². The third kappa shape index (κ3) is 4.65. The summed E-state index contributed by atoms with van der Waals surface area (Å²) in [5, 5.41) is 9.25. The van der Waals surface area contributed by atoms with Crippen LogP contribution in [0.2, 0.25) is 0 Å². The molecule has 0 bridgehead atoms. The maximum Gasteiger partial charge on any atom is 0.185 e. The molecule has 0 atom stereocenters. The predicted octanol–water partition coefficient (Wildman–Crippen LogP) is 3.70. The third-order valence-corrected chi connectivity index (χ3v) is 3.16. The minimum atomic E-state index is -0.152. The summed E-state index contributed by atoms with van der Waals surface area (Å²) in [5.41, 5.74) is 1.31. The highest BCUT2D eigenvalue weighted by molar-refractivity contribution is 6.06. The Hall–Kier alpha value is -3.19. The molecule has 0 amide bonds. The van der Waals surface area contributed by atoms with E-state index in [2.05, 4.69) is 5.92 Å². The fourth-order valence-corrected chi connectivity index (χ4v) is 2.03. The molecule has 2 aromatic carbocycles. The quantitative estimate of drug-likeness (QED) is 0.480. The van der Waals surface area contributed by atoms with Crippen molar-refractivity contribution in [3.05, 3.63) is 59.7 Å². The number of benzene rings is 2. The Kier molecular flexibility index (Phi) is 6.04. The van der Waals surface area contributed by atoms with Crippen molar-refractivity contribution in [2.45, 2.75) is 6.92 Å². The van der Waals surface area contributed by atoms with Crippen LogP contribution in [-0.2, 0) is 0 Å². The van der Waals surface area contributed by atoms with Crippen LogP contribution in [0.1, 0.15) is 22.8 Å². The first kappa shape index (κ1) is 17.2.